The number of benzene rings is 1. The summed E-state index contributed by atoms with van der Waals surface area (Å²) in [5.74, 6) is 2.10. The molecule has 0 saturated heterocycles. The molecule has 0 atom stereocenters. The van der Waals surface area contributed by atoms with Crippen molar-refractivity contribution >= 4 is 23.7 Å². The van der Waals surface area contributed by atoms with Crippen molar-refractivity contribution in [1.29, 1.82) is 0 Å². The van der Waals surface area contributed by atoms with E-state index in [1.165, 1.54) is 6.08 Å². The minimum Gasteiger partial charge on any atom is -0.454 e. The van der Waals surface area contributed by atoms with Gasteiger partial charge in [0.05, 0.1) is 5.03 Å². The van der Waals surface area contributed by atoms with E-state index < -0.39 is 0 Å². The molecule has 0 radical (unpaired) electrons. The molecule has 23 heavy (non-hydrogen) atoms. The molecule has 1 amide bonds. The summed E-state index contributed by atoms with van der Waals surface area (Å²) in [5, 5.41) is 3.80. The number of aromatic nitrogens is 1. The summed E-state index contributed by atoms with van der Waals surface area (Å²) in [6.45, 7) is 0.836. The molecule has 6 heteroatoms. The number of thioether (sulfide) groups is 1. The Balaban J connectivity index is 1.42. The topological polar surface area (TPSA) is 60.5 Å². The molecule has 1 aromatic heterocycles. The first-order valence-corrected chi connectivity index (χ1v) is 8.19. The summed E-state index contributed by atoms with van der Waals surface area (Å²) < 4.78 is 10.6. The number of carbonyl (C=O) groups is 1. The van der Waals surface area contributed by atoms with Gasteiger partial charge in [0.25, 0.3) is 0 Å². The number of pyridine rings is 1. The number of hydrogen-bond donors (Lipinski definition) is 1. The van der Waals surface area contributed by atoms with E-state index >= 15 is 0 Å². The van der Waals surface area contributed by atoms with Crippen molar-refractivity contribution in [3.05, 3.63) is 54.2 Å². The Morgan fingerprint density at radius 1 is 1.26 bits per heavy atom. The molecule has 118 valence electrons. The standard InChI is InChI=1S/C17H16N2O3S/c20-16(18-9-10-23-17-3-1-2-8-19-17)7-5-13-4-6-14-15(11-13)22-12-21-14/h1-8,11H,9-10,12H2,(H,18,20)/b7-5-. The van der Waals surface area contributed by atoms with Crippen LogP contribution in [-0.2, 0) is 4.79 Å². The molecule has 1 aliphatic heterocycles. The van der Waals surface area contributed by atoms with Gasteiger partial charge in [0, 0.05) is 24.6 Å². The van der Waals surface area contributed by atoms with Crippen LogP contribution in [0.1, 0.15) is 5.56 Å². The number of fused-ring (bicyclic) bond motifs is 1. The third kappa shape index (κ3) is 4.50. The summed E-state index contributed by atoms with van der Waals surface area (Å²) in [7, 11) is 0. The van der Waals surface area contributed by atoms with Gasteiger partial charge in [-0.1, -0.05) is 12.1 Å². The highest BCUT2D eigenvalue weighted by Crippen LogP contribution is 2.32. The molecule has 0 fully saturated rings. The Labute approximate surface area is 138 Å². The van der Waals surface area contributed by atoms with Crippen LogP contribution >= 0.6 is 11.8 Å². The van der Waals surface area contributed by atoms with Gasteiger partial charge in [0.15, 0.2) is 11.5 Å². The second-order valence-electron chi connectivity index (χ2n) is 4.75. The second kappa shape index (κ2) is 7.69. The lowest BCUT2D eigenvalue weighted by Gasteiger charge is -2.02. The molecule has 0 spiro atoms. The fourth-order valence-electron chi connectivity index (χ4n) is 2.01. The average Bonchev–Trinajstić information content (AvgIpc) is 3.05. The second-order valence-corrected chi connectivity index (χ2v) is 5.87. The predicted molar refractivity (Wildman–Crippen MR) is 89.6 cm³/mol. The first-order chi connectivity index (χ1) is 11.3. The van der Waals surface area contributed by atoms with Gasteiger partial charge < -0.3 is 14.8 Å². The molecule has 1 N–H and O–H groups in total. The predicted octanol–water partition coefficient (Wildman–Crippen LogP) is 2.73. The monoisotopic (exact) mass is 328 g/mol. The molecule has 0 bridgehead atoms. The summed E-state index contributed by atoms with van der Waals surface area (Å²) >= 11 is 1.61. The number of carbonyl (C=O) groups excluding carboxylic acids is 1. The zero-order valence-electron chi connectivity index (χ0n) is 12.4. The SMILES string of the molecule is O=C(/C=C\c1ccc2c(c1)OCO2)NCCSc1ccccn1. The highest BCUT2D eigenvalue weighted by atomic mass is 32.2. The quantitative estimate of drug-likeness (QED) is 0.502. The van der Waals surface area contributed by atoms with Crippen LogP contribution < -0.4 is 14.8 Å². The van der Waals surface area contributed by atoms with E-state index in [-0.39, 0.29) is 12.7 Å². The van der Waals surface area contributed by atoms with E-state index in [2.05, 4.69) is 10.3 Å². The minimum absolute atomic E-state index is 0.121. The Kier molecular flexibility index (Phi) is 5.16. The maximum Gasteiger partial charge on any atom is 0.244 e. The van der Waals surface area contributed by atoms with E-state index in [1.54, 1.807) is 24.0 Å². The molecule has 0 aliphatic carbocycles. The normalized spacial score (nSPS) is 12.5. The van der Waals surface area contributed by atoms with Crippen molar-refractivity contribution < 1.29 is 14.3 Å². The van der Waals surface area contributed by atoms with Crippen molar-refractivity contribution in [3.63, 3.8) is 0 Å². The third-order valence-corrected chi connectivity index (χ3v) is 4.06. The molecule has 0 unspecified atom stereocenters. The lowest BCUT2D eigenvalue weighted by Crippen LogP contribution is -2.23. The van der Waals surface area contributed by atoms with E-state index in [4.69, 9.17) is 9.47 Å². The average molecular weight is 328 g/mol. The van der Waals surface area contributed by atoms with Crippen LogP contribution in [0.15, 0.2) is 53.7 Å². The molecular formula is C17H16N2O3S. The zero-order chi connectivity index (χ0) is 15.9. The van der Waals surface area contributed by atoms with Gasteiger partial charge in [0.2, 0.25) is 12.7 Å². The van der Waals surface area contributed by atoms with Crippen molar-refractivity contribution in [3.8, 4) is 11.5 Å². The molecule has 1 aliphatic rings. The van der Waals surface area contributed by atoms with Crippen molar-refractivity contribution in [1.82, 2.24) is 10.3 Å². The number of nitrogens with zero attached hydrogens (tertiary/aromatic N) is 1. The van der Waals surface area contributed by atoms with Gasteiger partial charge in [-0.3, -0.25) is 4.79 Å². The van der Waals surface area contributed by atoms with Crippen molar-refractivity contribution in [2.75, 3.05) is 19.1 Å². The van der Waals surface area contributed by atoms with E-state index in [9.17, 15) is 4.79 Å². The Morgan fingerprint density at radius 3 is 3.04 bits per heavy atom. The molecule has 2 aromatic rings. The summed E-state index contributed by atoms with van der Waals surface area (Å²) in [6, 6.07) is 11.3. The van der Waals surface area contributed by atoms with Crippen molar-refractivity contribution in [2.24, 2.45) is 0 Å². The molecule has 5 nitrogen and oxygen atoms in total. The molecular weight excluding hydrogens is 312 g/mol. The maximum absolute atomic E-state index is 11.8. The van der Waals surface area contributed by atoms with Crippen LogP contribution in [0.25, 0.3) is 6.08 Å². The Hall–Kier alpha value is -2.47. The number of ether oxygens (including phenoxy) is 2. The maximum atomic E-state index is 11.8. The summed E-state index contributed by atoms with van der Waals surface area (Å²) in [4.78, 5) is 16.0. The van der Waals surface area contributed by atoms with Crippen LogP contribution in [0, 0.1) is 0 Å². The fourth-order valence-corrected chi connectivity index (χ4v) is 2.73. The van der Waals surface area contributed by atoms with Crippen LogP contribution in [0.3, 0.4) is 0 Å². The van der Waals surface area contributed by atoms with Crippen LogP contribution in [0.2, 0.25) is 0 Å². The van der Waals surface area contributed by atoms with Crippen molar-refractivity contribution in [2.45, 2.75) is 5.03 Å². The van der Waals surface area contributed by atoms with Crippen LogP contribution in [-0.4, -0.2) is 30.0 Å². The molecule has 3 rings (SSSR count). The molecule has 2 heterocycles. The van der Waals surface area contributed by atoms with E-state index in [1.807, 2.05) is 36.4 Å². The smallest absolute Gasteiger partial charge is 0.244 e. The summed E-state index contributed by atoms with van der Waals surface area (Å²) in [5.41, 5.74) is 0.896. The molecule has 1 aromatic carbocycles. The van der Waals surface area contributed by atoms with E-state index in [0.29, 0.717) is 12.3 Å². The largest absolute Gasteiger partial charge is 0.454 e. The first kappa shape index (κ1) is 15.4. The van der Waals surface area contributed by atoms with Gasteiger partial charge >= 0.3 is 0 Å². The van der Waals surface area contributed by atoms with Gasteiger partial charge in [-0.25, -0.2) is 4.98 Å². The highest BCUT2D eigenvalue weighted by molar-refractivity contribution is 7.99. The number of amides is 1. The summed E-state index contributed by atoms with van der Waals surface area (Å²) in [6.07, 6.45) is 5.03. The number of hydrogen-bond acceptors (Lipinski definition) is 5. The van der Waals surface area contributed by atoms with Crippen LogP contribution in [0.4, 0.5) is 0 Å². The van der Waals surface area contributed by atoms with Gasteiger partial charge in [-0.2, -0.15) is 0 Å². The molecule has 0 saturated carbocycles. The highest BCUT2D eigenvalue weighted by Gasteiger charge is 2.12. The lowest BCUT2D eigenvalue weighted by molar-refractivity contribution is -0.116. The first-order valence-electron chi connectivity index (χ1n) is 7.21. The van der Waals surface area contributed by atoms with E-state index in [0.717, 1.165) is 22.1 Å². The number of rotatable bonds is 6. The third-order valence-electron chi connectivity index (χ3n) is 3.11. The van der Waals surface area contributed by atoms with Crippen LogP contribution in [0.5, 0.6) is 11.5 Å². The zero-order valence-corrected chi connectivity index (χ0v) is 13.2. The van der Waals surface area contributed by atoms with Gasteiger partial charge in [-0.15, -0.1) is 11.8 Å². The van der Waals surface area contributed by atoms with Gasteiger partial charge in [-0.05, 0) is 35.9 Å². The number of nitrogens with one attached hydrogen (secondary N) is 1. The fraction of sp³-hybridized carbons (Fsp3) is 0.176. The van der Waals surface area contributed by atoms with Gasteiger partial charge in [0.1, 0.15) is 0 Å². The lowest BCUT2D eigenvalue weighted by atomic mass is 10.2. The Bertz CT molecular complexity index is 704. The Morgan fingerprint density at radius 2 is 2.17 bits per heavy atom. The minimum atomic E-state index is -0.121.